The number of hydrogen-bond acceptors (Lipinski definition) is 2. The summed E-state index contributed by atoms with van der Waals surface area (Å²) >= 11 is 6.09. The fourth-order valence-electron chi connectivity index (χ4n) is 2.71. The zero-order chi connectivity index (χ0) is 11.8. The minimum Gasteiger partial charge on any atom is -0.316 e. The van der Waals surface area contributed by atoms with Crippen molar-refractivity contribution < 1.29 is 0 Å². The molecule has 0 atom stereocenters. The van der Waals surface area contributed by atoms with Crippen molar-refractivity contribution in [3.63, 3.8) is 0 Å². The molecule has 1 aliphatic rings. The summed E-state index contributed by atoms with van der Waals surface area (Å²) in [4.78, 5) is 4.75. The number of hydrogen-bond donors (Lipinski definition) is 1. The standard InChI is InChI=1S/C14H15ClN2.ClH/c1-16-8-12-10-3-2-4-13(10)17-14-6-5-9(15)7-11(12)14;/h5-7,16H,2-4,8H2,1H3;1H. The van der Waals surface area contributed by atoms with Gasteiger partial charge in [0, 0.05) is 22.6 Å². The van der Waals surface area contributed by atoms with Crippen LogP contribution in [0.25, 0.3) is 10.9 Å². The molecule has 0 bridgehead atoms. The van der Waals surface area contributed by atoms with Gasteiger partial charge >= 0.3 is 0 Å². The maximum atomic E-state index is 6.09. The molecule has 1 heterocycles. The van der Waals surface area contributed by atoms with Crippen LogP contribution in [0, 0.1) is 0 Å². The fraction of sp³-hybridized carbons (Fsp3) is 0.357. The van der Waals surface area contributed by atoms with Gasteiger partial charge in [-0.15, -0.1) is 12.4 Å². The van der Waals surface area contributed by atoms with E-state index in [0.717, 1.165) is 29.9 Å². The van der Waals surface area contributed by atoms with Crippen molar-refractivity contribution in [2.45, 2.75) is 25.8 Å². The van der Waals surface area contributed by atoms with Crippen LogP contribution in [0.5, 0.6) is 0 Å². The minimum atomic E-state index is 0. The molecule has 1 N–H and O–H groups in total. The highest BCUT2D eigenvalue weighted by atomic mass is 35.5. The molecule has 0 fully saturated rings. The van der Waals surface area contributed by atoms with E-state index in [9.17, 15) is 0 Å². The van der Waals surface area contributed by atoms with Gasteiger partial charge in [-0.3, -0.25) is 4.98 Å². The number of benzene rings is 1. The Balaban J connectivity index is 0.00000120. The van der Waals surface area contributed by atoms with Crippen LogP contribution in [0.4, 0.5) is 0 Å². The third-order valence-corrected chi connectivity index (χ3v) is 3.68. The highest BCUT2D eigenvalue weighted by Gasteiger charge is 2.18. The molecule has 3 rings (SSSR count). The fourth-order valence-corrected chi connectivity index (χ4v) is 2.88. The van der Waals surface area contributed by atoms with Crippen LogP contribution in [-0.2, 0) is 19.4 Å². The molecule has 1 aromatic carbocycles. The molecule has 0 radical (unpaired) electrons. The zero-order valence-electron chi connectivity index (χ0n) is 10.3. The number of aryl methyl sites for hydroxylation is 1. The largest absolute Gasteiger partial charge is 0.316 e. The lowest BCUT2D eigenvalue weighted by atomic mass is 10.0. The summed E-state index contributed by atoms with van der Waals surface area (Å²) in [6.45, 7) is 0.891. The van der Waals surface area contributed by atoms with Crippen LogP contribution in [0.15, 0.2) is 18.2 Å². The van der Waals surface area contributed by atoms with Crippen LogP contribution >= 0.6 is 24.0 Å². The SMILES string of the molecule is CNCc1c2c(nc3ccc(Cl)cc13)CCC2.Cl. The molecule has 0 aliphatic heterocycles. The predicted molar refractivity (Wildman–Crippen MR) is 78.8 cm³/mol. The van der Waals surface area contributed by atoms with E-state index in [2.05, 4.69) is 5.32 Å². The van der Waals surface area contributed by atoms with E-state index in [1.54, 1.807) is 0 Å². The average molecular weight is 283 g/mol. The molecule has 0 spiro atoms. The molecule has 1 aromatic heterocycles. The Morgan fingerprint density at radius 1 is 1.33 bits per heavy atom. The van der Waals surface area contributed by atoms with Gasteiger partial charge in [0.1, 0.15) is 0 Å². The van der Waals surface area contributed by atoms with Crippen LogP contribution in [0.2, 0.25) is 5.02 Å². The second-order valence-corrected chi connectivity index (χ2v) is 5.00. The Morgan fingerprint density at radius 3 is 2.94 bits per heavy atom. The first kappa shape index (κ1) is 13.6. The van der Waals surface area contributed by atoms with E-state index in [1.165, 1.54) is 28.6 Å². The third kappa shape index (κ3) is 2.20. The second kappa shape index (κ2) is 5.43. The lowest BCUT2D eigenvalue weighted by molar-refractivity contribution is 0.809. The minimum absolute atomic E-state index is 0. The Bertz CT molecular complexity index is 582. The van der Waals surface area contributed by atoms with Crippen molar-refractivity contribution >= 4 is 34.9 Å². The Labute approximate surface area is 118 Å². The van der Waals surface area contributed by atoms with Crippen LogP contribution in [-0.4, -0.2) is 12.0 Å². The maximum Gasteiger partial charge on any atom is 0.0709 e. The van der Waals surface area contributed by atoms with E-state index >= 15 is 0 Å². The van der Waals surface area contributed by atoms with Crippen LogP contribution in [0.1, 0.15) is 23.2 Å². The Morgan fingerprint density at radius 2 is 2.17 bits per heavy atom. The number of nitrogens with one attached hydrogen (secondary N) is 1. The Hall–Kier alpha value is -0.830. The van der Waals surface area contributed by atoms with Gasteiger partial charge < -0.3 is 5.32 Å². The number of nitrogens with zero attached hydrogens (tertiary/aromatic N) is 1. The van der Waals surface area contributed by atoms with Crippen LogP contribution < -0.4 is 5.32 Å². The third-order valence-electron chi connectivity index (χ3n) is 3.45. The normalized spacial score (nSPS) is 13.4. The first-order valence-corrected chi connectivity index (χ1v) is 6.42. The second-order valence-electron chi connectivity index (χ2n) is 4.56. The zero-order valence-corrected chi connectivity index (χ0v) is 11.9. The summed E-state index contributed by atoms with van der Waals surface area (Å²) in [5.41, 5.74) is 5.17. The van der Waals surface area contributed by atoms with Crippen molar-refractivity contribution in [2.24, 2.45) is 0 Å². The molecule has 0 saturated heterocycles. The first-order chi connectivity index (χ1) is 8.29. The van der Waals surface area contributed by atoms with Gasteiger partial charge in [0.25, 0.3) is 0 Å². The molecule has 18 heavy (non-hydrogen) atoms. The van der Waals surface area contributed by atoms with Gasteiger partial charge in [-0.2, -0.15) is 0 Å². The van der Waals surface area contributed by atoms with Gasteiger partial charge in [-0.25, -0.2) is 0 Å². The smallest absolute Gasteiger partial charge is 0.0709 e. The molecule has 0 unspecified atom stereocenters. The van der Waals surface area contributed by atoms with Crippen molar-refractivity contribution in [1.82, 2.24) is 10.3 Å². The van der Waals surface area contributed by atoms with Gasteiger partial charge in [0.15, 0.2) is 0 Å². The van der Waals surface area contributed by atoms with E-state index in [0.29, 0.717) is 0 Å². The number of fused-ring (bicyclic) bond motifs is 2. The van der Waals surface area contributed by atoms with Crippen molar-refractivity contribution in [3.8, 4) is 0 Å². The number of halogens is 2. The molecule has 0 saturated carbocycles. The van der Waals surface area contributed by atoms with Crippen molar-refractivity contribution in [2.75, 3.05) is 7.05 Å². The van der Waals surface area contributed by atoms with Crippen LogP contribution in [0.3, 0.4) is 0 Å². The Kier molecular flexibility index (Phi) is 4.10. The van der Waals surface area contributed by atoms with Gasteiger partial charge in [-0.05, 0) is 55.6 Å². The quantitative estimate of drug-likeness (QED) is 0.912. The van der Waals surface area contributed by atoms with E-state index in [-0.39, 0.29) is 12.4 Å². The topological polar surface area (TPSA) is 24.9 Å². The number of rotatable bonds is 2. The van der Waals surface area contributed by atoms with E-state index in [4.69, 9.17) is 16.6 Å². The number of aromatic nitrogens is 1. The lowest BCUT2D eigenvalue weighted by Crippen LogP contribution is -2.09. The van der Waals surface area contributed by atoms with Gasteiger partial charge in [-0.1, -0.05) is 11.6 Å². The summed E-state index contributed by atoms with van der Waals surface area (Å²) in [5, 5.41) is 5.24. The van der Waals surface area contributed by atoms with Gasteiger partial charge in [0.05, 0.1) is 5.52 Å². The maximum absolute atomic E-state index is 6.09. The summed E-state index contributed by atoms with van der Waals surface area (Å²) in [7, 11) is 1.98. The molecular formula is C14H16Cl2N2. The number of pyridine rings is 1. The lowest BCUT2D eigenvalue weighted by Gasteiger charge is -2.12. The molecule has 96 valence electrons. The molecule has 2 aromatic rings. The van der Waals surface area contributed by atoms with E-state index < -0.39 is 0 Å². The summed E-state index contributed by atoms with van der Waals surface area (Å²) < 4.78 is 0. The average Bonchev–Trinajstić information content (AvgIpc) is 2.77. The molecular weight excluding hydrogens is 267 g/mol. The monoisotopic (exact) mass is 282 g/mol. The van der Waals surface area contributed by atoms with Crippen molar-refractivity contribution in [3.05, 3.63) is 40.0 Å². The first-order valence-electron chi connectivity index (χ1n) is 6.04. The predicted octanol–water partition coefficient (Wildman–Crippen LogP) is 3.52. The summed E-state index contributed by atoms with van der Waals surface area (Å²) in [6, 6.07) is 5.98. The summed E-state index contributed by atoms with van der Waals surface area (Å²) in [6.07, 6.45) is 3.50. The highest BCUT2D eigenvalue weighted by Crippen LogP contribution is 2.31. The molecule has 1 aliphatic carbocycles. The molecule has 0 amide bonds. The highest BCUT2D eigenvalue weighted by molar-refractivity contribution is 6.31. The summed E-state index contributed by atoms with van der Waals surface area (Å²) in [5.74, 6) is 0. The molecule has 2 nitrogen and oxygen atoms in total. The molecule has 4 heteroatoms. The van der Waals surface area contributed by atoms with Gasteiger partial charge in [0.2, 0.25) is 0 Å². The van der Waals surface area contributed by atoms with E-state index in [1.807, 2.05) is 25.2 Å². The van der Waals surface area contributed by atoms with Crippen molar-refractivity contribution in [1.29, 1.82) is 0 Å².